The largest absolute Gasteiger partial charge is 0.456 e. The number of carbonyl (C=O) groups excluding carboxylic acids is 2. The molecule has 4 bridgehead atoms. The Kier molecular flexibility index (Phi) is 3.03. The van der Waals surface area contributed by atoms with Crippen LogP contribution in [0.4, 0.5) is 0 Å². The van der Waals surface area contributed by atoms with Gasteiger partial charge in [0.2, 0.25) is 6.10 Å². The van der Waals surface area contributed by atoms with Gasteiger partial charge in [0.1, 0.15) is 5.60 Å². The molecule has 4 atom stereocenters. The van der Waals surface area contributed by atoms with Crippen LogP contribution in [0.1, 0.15) is 51.9 Å². The van der Waals surface area contributed by atoms with Gasteiger partial charge in [0.25, 0.3) is 0 Å². The van der Waals surface area contributed by atoms with Crippen LogP contribution in [0, 0.1) is 17.3 Å². The summed E-state index contributed by atoms with van der Waals surface area (Å²) in [7, 11) is 0. The van der Waals surface area contributed by atoms with Crippen molar-refractivity contribution in [2.75, 3.05) is 0 Å². The van der Waals surface area contributed by atoms with Gasteiger partial charge < -0.3 is 14.6 Å². The molecule has 1 aliphatic heterocycles. The Bertz CT molecular complexity index is 568. The Balaban J connectivity index is 1.61. The van der Waals surface area contributed by atoms with E-state index in [2.05, 4.69) is 6.58 Å². The Morgan fingerprint density at radius 1 is 1.30 bits per heavy atom. The SMILES string of the molecule is C=CC(=O)OC1CC(C)(C23CC4CC(CC(O)(C4)C2)C3)OC1=O. The van der Waals surface area contributed by atoms with Crippen molar-refractivity contribution in [2.45, 2.75) is 69.2 Å². The number of ether oxygens (including phenoxy) is 2. The number of hydrogen-bond donors (Lipinski definition) is 1. The summed E-state index contributed by atoms with van der Waals surface area (Å²) >= 11 is 0. The first-order valence-corrected chi connectivity index (χ1v) is 8.55. The van der Waals surface area contributed by atoms with E-state index >= 15 is 0 Å². The van der Waals surface area contributed by atoms with Crippen molar-refractivity contribution in [3.8, 4) is 0 Å². The molecular formula is C18H24O5. The van der Waals surface area contributed by atoms with Gasteiger partial charge in [-0.2, -0.15) is 0 Å². The molecule has 1 saturated heterocycles. The fourth-order valence-electron chi connectivity index (χ4n) is 6.20. The van der Waals surface area contributed by atoms with Crippen LogP contribution in [0.25, 0.3) is 0 Å². The summed E-state index contributed by atoms with van der Waals surface area (Å²) in [5.41, 5.74) is -1.45. The molecule has 0 amide bonds. The quantitative estimate of drug-likeness (QED) is 0.637. The molecule has 5 rings (SSSR count). The molecule has 0 aromatic carbocycles. The van der Waals surface area contributed by atoms with Gasteiger partial charge in [0.15, 0.2) is 0 Å². The standard InChI is InChI=1S/C18H24O5/c1-3-14(19)22-13-9-16(2,23-15(13)20)17-5-11-4-12(6-17)8-18(21,7-11)10-17/h3,11-13,21H,1,4-10H2,2H3. The third kappa shape index (κ3) is 2.16. The van der Waals surface area contributed by atoms with Gasteiger partial charge in [-0.25, -0.2) is 9.59 Å². The lowest BCUT2D eigenvalue weighted by Crippen LogP contribution is -2.62. The zero-order valence-corrected chi connectivity index (χ0v) is 13.5. The van der Waals surface area contributed by atoms with Crippen LogP contribution in [-0.2, 0) is 19.1 Å². The average molecular weight is 320 g/mol. The van der Waals surface area contributed by atoms with Crippen molar-refractivity contribution >= 4 is 11.9 Å². The third-order valence-corrected chi connectivity index (χ3v) is 6.74. The normalized spacial score (nSPS) is 50.7. The van der Waals surface area contributed by atoms with Gasteiger partial charge in [0.05, 0.1) is 5.60 Å². The molecule has 1 N–H and O–H groups in total. The molecule has 126 valence electrons. The summed E-state index contributed by atoms with van der Waals surface area (Å²) in [6, 6.07) is 0. The summed E-state index contributed by atoms with van der Waals surface area (Å²) < 4.78 is 10.9. The molecule has 4 unspecified atom stereocenters. The molecule has 5 aliphatic rings. The van der Waals surface area contributed by atoms with Crippen molar-refractivity contribution in [1.29, 1.82) is 0 Å². The van der Waals surface area contributed by atoms with Crippen LogP contribution in [0.3, 0.4) is 0 Å². The number of rotatable bonds is 3. The number of cyclic esters (lactones) is 1. The van der Waals surface area contributed by atoms with E-state index in [1.54, 1.807) is 0 Å². The maximum Gasteiger partial charge on any atom is 0.348 e. The van der Waals surface area contributed by atoms with Crippen molar-refractivity contribution in [1.82, 2.24) is 0 Å². The third-order valence-electron chi connectivity index (χ3n) is 6.74. The summed E-state index contributed by atoms with van der Waals surface area (Å²) in [6.45, 7) is 5.33. The lowest BCUT2D eigenvalue weighted by Gasteiger charge is -2.64. The molecule has 5 fully saturated rings. The predicted molar refractivity (Wildman–Crippen MR) is 81.3 cm³/mol. The van der Waals surface area contributed by atoms with Crippen LogP contribution >= 0.6 is 0 Å². The van der Waals surface area contributed by atoms with Crippen LogP contribution in [-0.4, -0.2) is 34.4 Å². The van der Waals surface area contributed by atoms with E-state index in [0.717, 1.165) is 31.8 Å². The summed E-state index contributed by atoms with van der Waals surface area (Å²) in [5, 5.41) is 10.9. The number of carbonyl (C=O) groups is 2. The maximum absolute atomic E-state index is 12.2. The van der Waals surface area contributed by atoms with Crippen LogP contribution < -0.4 is 0 Å². The molecule has 0 aromatic heterocycles. The van der Waals surface area contributed by atoms with Gasteiger partial charge in [-0.15, -0.1) is 0 Å². The maximum atomic E-state index is 12.2. The monoisotopic (exact) mass is 320 g/mol. The smallest absolute Gasteiger partial charge is 0.348 e. The number of hydrogen-bond acceptors (Lipinski definition) is 5. The topological polar surface area (TPSA) is 72.8 Å². The molecular weight excluding hydrogens is 296 g/mol. The molecule has 5 nitrogen and oxygen atoms in total. The highest BCUT2D eigenvalue weighted by atomic mass is 16.6. The highest BCUT2D eigenvalue weighted by Gasteiger charge is 2.67. The Labute approximate surface area is 136 Å². The van der Waals surface area contributed by atoms with Crippen molar-refractivity contribution < 1.29 is 24.2 Å². The molecule has 0 radical (unpaired) electrons. The first-order valence-electron chi connectivity index (χ1n) is 8.55. The zero-order chi connectivity index (χ0) is 16.5. The molecule has 5 heteroatoms. The number of esters is 2. The van der Waals surface area contributed by atoms with E-state index in [1.165, 1.54) is 6.42 Å². The van der Waals surface area contributed by atoms with Gasteiger partial charge in [-0.3, -0.25) is 0 Å². The Morgan fingerprint density at radius 2 is 1.96 bits per heavy atom. The van der Waals surface area contributed by atoms with Crippen LogP contribution in [0.2, 0.25) is 0 Å². The molecule has 1 heterocycles. The van der Waals surface area contributed by atoms with Gasteiger partial charge in [-0.1, -0.05) is 6.58 Å². The first-order chi connectivity index (χ1) is 10.8. The minimum atomic E-state index is -0.854. The summed E-state index contributed by atoms with van der Waals surface area (Å²) in [4.78, 5) is 23.7. The number of aliphatic hydroxyl groups is 1. The minimum Gasteiger partial charge on any atom is -0.456 e. The molecule has 23 heavy (non-hydrogen) atoms. The van der Waals surface area contributed by atoms with Crippen molar-refractivity contribution in [3.05, 3.63) is 12.7 Å². The van der Waals surface area contributed by atoms with Crippen molar-refractivity contribution in [2.24, 2.45) is 17.3 Å². The highest BCUT2D eigenvalue weighted by Crippen LogP contribution is 2.67. The second-order valence-electron chi connectivity index (χ2n) is 8.45. The summed E-state index contributed by atoms with van der Waals surface area (Å²) in [5.74, 6) is -0.0242. The average Bonchev–Trinajstić information content (AvgIpc) is 2.72. The fourth-order valence-corrected chi connectivity index (χ4v) is 6.20. The van der Waals surface area contributed by atoms with Crippen molar-refractivity contribution in [3.63, 3.8) is 0 Å². The van der Waals surface area contributed by atoms with E-state index in [9.17, 15) is 14.7 Å². The lowest BCUT2D eigenvalue weighted by molar-refractivity contribution is -0.226. The van der Waals surface area contributed by atoms with E-state index in [4.69, 9.17) is 9.47 Å². The second kappa shape index (κ2) is 4.59. The highest BCUT2D eigenvalue weighted by molar-refractivity contribution is 5.86. The lowest BCUT2D eigenvalue weighted by atomic mass is 9.44. The second-order valence-corrected chi connectivity index (χ2v) is 8.45. The van der Waals surface area contributed by atoms with Crippen LogP contribution in [0.5, 0.6) is 0 Å². The summed E-state index contributed by atoms with van der Waals surface area (Å²) in [6.07, 6.45) is 6.22. The van der Waals surface area contributed by atoms with E-state index in [1.807, 2.05) is 6.92 Å². The van der Waals surface area contributed by atoms with Gasteiger partial charge in [-0.05, 0) is 57.3 Å². The molecule has 0 spiro atoms. The predicted octanol–water partition coefficient (Wildman–Crippen LogP) is 2.12. The van der Waals surface area contributed by atoms with E-state index in [0.29, 0.717) is 24.7 Å². The molecule has 0 aromatic rings. The molecule has 4 saturated carbocycles. The van der Waals surface area contributed by atoms with Crippen LogP contribution in [0.15, 0.2) is 12.7 Å². The Hall–Kier alpha value is -1.36. The Morgan fingerprint density at radius 3 is 2.52 bits per heavy atom. The first kappa shape index (κ1) is 15.2. The molecule has 4 aliphatic carbocycles. The van der Waals surface area contributed by atoms with Gasteiger partial charge in [0, 0.05) is 17.9 Å². The minimum absolute atomic E-state index is 0.184. The van der Waals surface area contributed by atoms with E-state index < -0.39 is 29.2 Å². The zero-order valence-electron chi connectivity index (χ0n) is 13.5. The van der Waals surface area contributed by atoms with E-state index in [-0.39, 0.29) is 5.41 Å². The van der Waals surface area contributed by atoms with Gasteiger partial charge >= 0.3 is 11.9 Å². The fraction of sp³-hybridized carbons (Fsp3) is 0.778.